The molecule has 32 heavy (non-hydrogen) atoms. The highest BCUT2D eigenvalue weighted by Crippen LogP contribution is 2.25. The van der Waals surface area contributed by atoms with Crippen LogP contribution in [0, 0.1) is 12.8 Å². The number of aryl methyl sites for hydroxylation is 1. The van der Waals surface area contributed by atoms with Crippen LogP contribution in [0.5, 0.6) is 0 Å². The summed E-state index contributed by atoms with van der Waals surface area (Å²) in [7, 11) is 0. The number of hydrogen-bond acceptors (Lipinski definition) is 6. The first-order valence-electron chi connectivity index (χ1n) is 10.8. The Balaban J connectivity index is 1.30. The number of likely N-dealkylation sites (tertiary alicyclic amines) is 1. The first-order valence-corrected chi connectivity index (χ1v) is 10.8. The molecule has 4 aromatic rings. The normalized spacial score (nSPS) is 16.4. The zero-order valence-corrected chi connectivity index (χ0v) is 17.8. The van der Waals surface area contributed by atoms with Gasteiger partial charge in [-0.25, -0.2) is 0 Å². The third-order valence-corrected chi connectivity index (χ3v) is 5.97. The largest absolute Gasteiger partial charge is 0.451 e. The maximum absolute atomic E-state index is 13.1. The SMILES string of the molecule is Cc1ccccc1-c1noc(CC2CCCN(C(=O)c3cc(=O)c4ccccc4o3)C2)n1. The molecule has 0 N–H and O–H groups in total. The van der Waals surface area contributed by atoms with Gasteiger partial charge in [-0.1, -0.05) is 41.6 Å². The van der Waals surface area contributed by atoms with E-state index in [0.717, 1.165) is 24.0 Å². The molecular formula is C25H23N3O4. The highest BCUT2D eigenvalue weighted by Gasteiger charge is 2.28. The molecule has 5 rings (SSSR count). The fourth-order valence-corrected chi connectivity index (χ4v) is 4.30. The van der Waals surface area contributed by atoms with Crippen LogP contribution in [-0.4, -0.2) is 34.0 Å². The van der Waals surface area contributed by atoms with Crippen LogP contribution >= 0.6 is 0 Å². The van der Waals surface area contributed by atoms with Crippen LogP contribution in [0.15, 0.2) is 68.3 Å². The molecule has 1 unspecified atom stereocenters. The summed E-state index contributed by atoms with van der Waals surface area (Å²) in [5, 5.41) is 4.61. The van der Waals surface area contributed by atoms with Crippen LogP contribution in [-0.2, 0) is 6.42 Å². The maximum Gasteiger partial charge on any atom is 0.289 e. The lowest BCUT2D eigenvalue weighted by Gasteiger charge is -2.31. The average Bonchev–Trinajstić information content (AvgIpc) is 3.27. The topological polar surface area (TPSA) is 89.4 Å². The predicted octanol–water partition coefficient (Wildman–Crippen LogP) is 4.25. The summed E-state index contributed by atoms with van der Waals surface area (Å²) in [4.78, 5) is 31.8. The van der Waals surface area contributed by atoms with Gasteiger partial charge in [-0.3, -0.25) is 9.59 Å². The molecule has 1 aliphatic heterocycles. The number of benzene rings is 2. The minimum absolute atomic E-state index is 0.0778. The van der Waals surface area contributed by atoms with E-state index in [2.05, 4.69) is 10.1 Å². The molecule has 1 amide bonds. The van der Waals surface area contributed by atoms with Gasteiger partial charge in [-0.15, -0.1) is 0 Å². The van der Waals surface area contributed by atoms with Crippen molar-refractivity contribution in [2.24, 2.45) is 5.92 Å². The van der Waals surface area contributed by atoms with Crippen molar-refractivity contribution in [3.8, 4) is 11.4 Å². The van der Waals surface area contributed by atoms with Crippen molar-refractivity contribution < 1.29 is 13.7 Å². The number of piperidine rings is 1. The first kappa shape index (κ1) is 20.2. The molecule has 0 saturated carbocycles. The van der Waals surface area contributed by atoms with Crippen molar-refractivity contribution in [2.75, 3.05) is 13.1 Å². The second-order valence-electron chi connectivity index (χ2n) is 8.26. The smallest absolute Gasteiger partial charge is 0.289 e. The molecule has 162 valence electrons. The van der Waals surface area contributed by atoms with Crippen molar-refractivity contribution in [2.45, 2.75) is 26.2 Å². The molecule has 0 aliphatic carbocycles. The fraction of sp³-hybridized carbons (Fsp3) is 0.280. The van der Waals surface area contributed by atoms with Crippen LogP contribution in [0.4, 0.5) is 0 Å². The molecular weight excluding hydrogens is 406 g/mol. The van der Waals surface area contributed by atoms with Crippen LogP contribution in [0.25, 0.3) is 22.4 Å². The lowest BCUT2D eigenvalue weighted by atomic mass is 9.94. The zero-order valence-electron chi connectivity index (χ0n) is 17.8. The molecule has 0 spiro atoms. The Morgan fingerprint density at radius 1 is 1.16 bits per heavy atom. The number of carbonyl (C=O) groups excluding carboxylic acids is 1. The first-order chi connectivity index (χ1) is 15.6. The molecule has 2 aromatic heterocycles. The molecule has 1 fully saturated rings. The summed E-state index contributed by atoms with van der Waals surface area (Å²) < 4.78 is 11.2. The van der Waals surface area contributed by atoms with Gasteiger partial charge in [0.1, 0.15) is 5.58 Å². The van der Waals surface area contributed by atoms with Crippen molar-refractivity contribution in [1.82, 2.24) is 15.0 Å². The van der Waals surface area contributed by atoms with Crippen molar-refractivity contribution in [1.29, 1.82) is 0 Å². The Labute approximate surface area is 184 Å². The Morgan fingerprint density at radius 3 is 2.84 bits per heavy atom. The molecule has 7 heteroatoms. The van der Waals surface area contributed by atoms with Gasteiger partial charge in [0.15, 0.2) is 11.2 Å². The van der Waals surface area contributed by atoms with E-state index in [4.69, 9.17) is 8.94 Å². The molecule has 1 saturated heterocycles. The Hall–Kier alpha value is -3.74. The summed E-state index contributed by atoms with van der Waals surface area (Å²) in [6, 6.07) is 16.2. The van der Waals surface area contributed by atoms with E-state index >= 15 is 0 Å². The summed E-state index contributed by atoms with van der Waals surface area (Å²) in [6.07, 6.45) is 2.44. The van der Waals surface area contributed by atoms with Gasteiger partial charge >= 0.3 is 0 Å². The van der Waals surface area contributed by atoms with Gasteiger partial charge in [-0.05, 0) is 43.4 Å². The minimum Gasteiger partial charge on any atom is -0.451 e. The van der Waals surface area contributed by atoms with E-state index in [9.17, 15) is 9.59 Å². The molecule has 1 atom stereocenters. The van der Waals surface area contributed by atoms with Gasteiger partial charge in [0.2, 0.25) is 11.7 Å². The summed E-state index contributed by atoms with van der Waals surface area (Å²) in [5.41, 5.74) is 2.25. The second-order valence-corrected chi connectivity index (χ2v) is 8.26. The van der Waals surface area contributed by atoms with Crippen LogP contribution in [0.2, 0.25) is 0 Å². The number of fused-ring (bicyclic) bond motifs is 1. The number of aromatic nitrogens is 2. The van der Waals surface area contributed by atoms with Gasteiger partial charge < -0.3 is 13.8 Å². The van der Waals surface area contributed by atoms with E-state index in [-0.39, 0.29) is 23.0 Å². The summed E-state index contributed by atoms with van der Waals surface area (Å²) in [5.74, 6) is 1.17. The zero-order chi connectivity index (χ0) is 22.1. The van der Waals surface area contributed by atoms with E-state index in [1.54, 1.807) is 29.2 Å². The van der Waals surface area contributed by atoms with Crippen molar-refractivity contribution >= 4 is 16.9 Å². The predicted molar refractivity (Wildman–Crippen MR) is 119 cm³/mol. The standard InChI is InChI=1S/C25H23N3O4/c1-16-7-2-3-9-18(16)24-26-23(32-27-24)13-17-8-6-12-28(15-17)25(30)22-14-20(29)19-10-4-5-11-21(19)31-22/h2-5,7,9-11,14,17H,6,8,12-13,15H2,1H3. The minimum atomic E-state index is -0.260. The molecule has 0 bridgehead atoms. The maximum atomic E-state index is 13.1. The van der Waals surface area contributed by atoms with Crippen LogP contribution in [0.1, 0.15) is 34.9 Å². The highest BCUT2D eigenvalue weighted by molar-refractivity contribution is 5.93. The summed E-state index contributed by atoms with van der Waals surface area (Å²) in [6.45, 7) is 3.20. The Kier molecular flexibility index (Phi) is 5.31. The molecule has 2 aromatic carbocycles. The molecule has 0 radical (unpaired) electrons. The number of hydrogen-bond donors (Lipinski definition) is 0. The van der Waals surface area contributed by atoms with Gasteiger partial charge in [0.05, 0.1) is 5.39 Å². The van der Waals surface area contributed by atoms with E-state index in [1.807, 2.05) is 31.2 Å². The Morgan fingerprint density at radius 2 is 1.97 bits per heavy atom. The number of para-hydroxylation sites is 1. The molecule has 3 heterocycles. The number of nitrogens with zero attached hydrogens (tertiary/aromatic N) is 3. The molecule has 7 nitrogen and oxygen atoms in total. The third-order valence-electron chi connectivity index (χ3n) is 5.97. The highest BCUT2D eigenvalue weighted by atomic mass is 16.5. The number of carbonyl (C=O) groups is 1. The Bertz CT molecular complexity index is 1340. The fourth-order valence-electron chi connectivity index (χ4n) is 4.30. The number of rotatable bonds is 4. The van der Waals surface area contributed by atoms with E-state index in [0.29, 0.717) is 42.2 Å². The van der Waals surface area contributed by atoms with Gasteiger partial charge in [0.25, 0.3) is 5.91 Å². The van der Waals surface area contributed by atoms with E-state index in [1.165, 1.54) is 6.07 Å². The monoisotopic (exact) mass is 429 g/mol. The quantitative estimate of drug-likeness (QED) is 0.482. The number of amides is 1. The molecule has 1 aliphatic rings. The van der Waals surface area contributed by atoms with Gasteiger partial charge in [0, 0.05) is 31.1 Å². The lowest BCUT2D eigenvalue weighted by Crippen LogP contribution is -2.40. The second kappa shape index (κ2) is 8.42. The lowest BCUT2D eigenvalue weighted by molar-refractivity contribution is 0.0636. The van der Waals surface area contributed by atoms with Crippen molar-refractivity contribution in [3.05, 3.63) is 82.0 Å². The third kappa shape index (κ3) is 3.93. The van der Waals surface area contributed by atoms with Crippen LogP contribution < -0.4 is 5.43 Å². The average molecular weight is 429 g/mol. The van der Waals surface area contributed by atoms with Crippen LogP contribution in [0.3, 0.4) is 0 Å². The van der Waals surface area contributed by atoms with Gasteiger partial charge in [-0.2, -0.15) is 4.98 Å². The van der Waals surface area contributed by atoms with Crippen molar-refractivity contribution in [3.63, 3.8) is 0 Å². The summed E-state index contributed by atoms with van der Waals surface area (Å²) >= 11 is 0. The van der Waals surface area contributed by atoms with E-state index < -0.39 is 0 Å².